The van der Waals surface area contributed by atoms with Crippen LogP contribution in [-0.2, 0) is 0 Å². The minimum absolute atomic E-state index is 0.341. The average Bonchev–Trinajstić information content (AvgIpc) is 1.60. The maximum Gasteiger partial charge on any atom is 0.234 e. The molecular weight excluding hydrogens is 124 g/mol. The third kappa shape index (κ3) is 1.36. The molecule has 0 unspecified atom stereocenters. The van der Waals surface area contributed by atoms with E-state index in [4.69, 9.17) is 5.11 Å². The van der Waals surface area contributed by atoms with Gasteiger partial charge in [-0.15, -0.1) is 0 Å². The zero-order chi connectivity index (χ0) is 6.91. The number of nitro groups is 1. The average molecular weight is 132 g/mol. The van der Waals surface area contributed by atoms with Gasteiger partial charge < -0.3 is 10.4 Å². The van der Waals surface area contributed by atoms with Crippen molar-refractivity contribution in [2.24, 2.45) is 0 Å². The highest BCUT2D eigenvalue weighted by molar-refractivity contribution is 4.91. The van der Waals surface area contributed by atoms with Gasteiger partial charge in [0.1, 0.15) is 0 Å². The molecule has 1 saturated heterocycles. The first-order valence-electron chi connectivity index (χ1n) is 2.67. The van der Waals surface area contributed by atoms with E-state index in [1.54, 1.807) is 0 Å². The van der Waals surface area contributed by atoms with Gasteiger partial charge in [-0.05, 0) is 0 Å². The summed E-state index contributed by atoms with van der Waals surface area (Å²) in [4.78, 5) is 9.33. The van der Waals surface area contributed by atoms with Crippen LogP contribution < -0.4 is 5.32 Å². The van der Waals surface area contributed by atoms with Crippen molar-refractivity contribution in [1.29, 1.82) is 0 Å². The van der Waals surface area contributed by atoms with Crippen LogP contribution in [0.4, 0.5) is 0 Å². The molecule has 0 aromatic carbocycles. The number of β-amino-alcohol motifs (C(OH)–C–C–N with tert-alkyl or cyclic N) is 1. The summed E-state index contributed by atoms with van der Waals surface area (Å²) < 4.78 is 0. The Labute approximate surface area is 51.8 Å². The fourth-order valence-corrected chi connectivity index (χ4v) is 0.766. The van der Waals surface area contributed by atoms with E-state index >= 15 is 0 Å². The summed E-state index contributed by atoms with van der Waals surface area (Å²) in [6.07, 6.45) is 0. The zero-order valence-electron chi connectivity index (χ0n) is 4.83. The SMILES string of the molecule is O=[N+]([O-])CC1(O)CNC1. The Hall–Kier alpha value is -0.680. The van der Waals surface area contributed by atoms with E-state index in [0.29, 0.717) is 13.1 Å². The molecule has 1 rings (SSSR count). The minimum atomic E-state index is -1.07. The summed E-state index contributed by atoms with van der Waals surface area (Å²) in [5, 5.41) is 21.7. The van der Waals surface area contributed by atoms with Crippen LogP contribution in [0.2, 0.25) is 0 Å². The van der Waals surface area contributed by atoms with E-state index < -0.39 is 10.5 Å². The topological polar surface area (TPSA) is 75.4 Å². The lowest BCUT2D eigenvalue weighted by Gasteiger charge is -2.33. The van der Waals surface area contributed by atoms with Gasteiger partial charge in [-0.2, -0.15) is 0 Å². The van der Waals surface area contributed by atoms with E-state index in [2.05, 4.69) is 5.32 Å². The highest BCUT2D eigenvalue weighted by Crippen LogP contribution is 2.09. The second-order valence-corrected chi connectivity index (χ2v) is 2.32. The van der Waals surface area contributed by atoms with Crippen LogP contribution in [0.15, 0.2) is 0 Å². The van der Waals surface area contributed by atoms with E-state index in [9.17, 15) is 10.1 Å². The molecule has 0 spiro atoms. The lowest BCUT2D eigenvalue weighted by Crippen LogP contribution is -2.62. The number of nitrogens with zero attached hydrogens (tertiary/aromatic N) is 1. The van der Waals surface area contributed by atoms with Gasteiger partial charge in [0.05, 0.1) is 0 Å². The van der Waals surface area contributed by atoms with Gasteiger partial charge in [-0.25, -0.2) is 0 Å². The normalized spacial score (nSPS) is 22.8. The van der Waals surface area contributed by atoms with Crippen LogP contribution in [0, 0.1) is 10.1 Å². The summed E-state index contributed by atoms with van der Waals surface area (Å²) in [7, 11) is 0. The molecular formula is C4H8N2O3. The van der Waals surface area contributed by atoms with Crippen molar-refractivity contribution >= 4 is 0 Å². The van der Waals surface area contributed by atoms with Crippen molar-refractivity contribution in [2.75, 3.05) is 19.6 Å². The monoisotopic (exact) mass is 132 g/mol. The summed E-state index contributed by atoms with van der Waals surface area (Å²) >= 11 is 0. The van der Waals surface area contributed by atoms with E-state index in [0.717, 1.165) is 0 Å². The Morgan fingerprint density at radius 2 is 2.33 bits per heavy atom. The first-order valence-corrected chi connectivity index (χ1v) is 2.67. The highest BCUT2D eigenvalue weighted by atomic mass is 16.6. The molecule has 5 nitrogen and oxygen atoms in total. The number of hydrogen-bond donors (Lipinski definition) is 2. The van der Waals surface area contributed by atoms with Crippen molar-refractivity contribution in [3.8, 4) is 0 Å². The first kappa shape index (κ1) is 6.44. The Morgan fingerprint density at radius 1 is 1.78 bits per heavy atom. The Morgan fingerprint density at radius 3 is 2.44 bits per heavy atom. The first-order chi connectivity index (χ1) is 4.12. The highest BCUT2D eigenvalue weighted by Gasteiger charge is 2.39. The van der Waals surface area contributed by atoms with Gasteiger partial charge in [-0.1, -0.05) is 0 Å². The Balaban J connectivity index is 2.33. The van der Waals surface area contributed by atoms with Crippen LogP contribution in [-0.4, -0.2) is 35.3 Å². The van der Waals surface area contributed by atoms with Crippen LogP contribution >= 0.6 is 0 Å². The molecule has 2 N–H and O–H groups in total. The summed E-state index contributed by atoms with van der Waals surface area (Å²) in [5.74, 6) is 0. The zero-order valence-corrected chi connectivity index (χ0v) is 4.83. The maximum atomic E-state index is 9.83. The number of hydrogen-bond acceptors (Lipinski definition) is 4. The molecule has 0 aliphatic carbocycles. The van der Waals surface area contributed by atoms with Gasteiger partial charge >= 0.3 is 0 Å². The van der Waals surface area contributed by atoms with Crippen LogP contribution in [0.25, 0.3) is 0 Å². The van der Waals surface area contributed by atoms with Gasteiger partial charge in [0, 0.05) is 18.0 Å². The molecule has 0 radical (unpaired) electrons. The van der Waals surface area contributed by atoms with Gasteiger partial charge in [0.2, 0.25) is 6.54 Å². The molecule has 1 fully saturated rings. The molecule has 9 heavy (non-hydrogen) atoms. The number of rotatable bonds is 2. The summed E-state index contributed by atoms with van der Waals surface area (Å²) in [6, 6.07) is 0. The van der Waals surface area contributed by atoms with Gasteiger partial charge in [-0.3, -0.25) is 10.1 Å². The number of nitrogens with one attached hydrogen (secondary N) is 1. The molecule has 1 aliphatic rings. The molecule has 1 aliphatic heterocycles. The quantitative estimate of drug-likeness (QED) is 0.358. The lowest BCUT2D eigenvalue weighted by atomic mass is 9.98. The Kier molecular flexibility index (Phi) is 1.38. The molecule has 1 heterocycles. The largest absolute Gasteiger partial charge is 0.380 e. The summed E-state index contributed by atoms with van der Waals surface area (Å²) in [6.45, 7) is 0.335. The second kappa shape index (κ2) is 1.93. The van der Waals surface area contributed by atoms with Crippen molar-refractivity contribution in [3.63, 3.8) is 0 Å². The molecule has 0 atom stereocenters. The van der Waals surface area contributed by atoms with Crippen molar-refractivity contribution in [1.82, 2.24) is 5.32 Å². The maximum absolute atomic E-state index is 9.83. The molecule has 0 aromatic rings. The predicted molar refractivity (Wildman–Crippen MR) is 29.7 cm³/mol. The molecule has 0 bridgehead atoms. The van der Waals surface area contributed by atoms with Gasteiger partial charge in [0.25, 0.3) is 0 Å². The minimum Gasteiger partial charge on any atom is -0.380 e. The number of aliphatic hydroxyl groups is 1. The standard InChI is InChI=1S/C4H8N2O3/c7-4(1-5-2-4)3-6(8)9/h5,7H,1-3H2. The third-order valence-electron chi connectivity index (χ3n) is 1.33. The van der Waals surface area contributed by atoms with Crippen LogP contribution in [0.1, 0.15) is 0 Å². The third-order valence-corrected chi connectivity index (χ3v) is 1.33. The summed E-state index contributed by atoms with van der Waals surface area (Å²) in [5.41, 5.74) is -1.07. The van der Waals surface area contributed by atoms with E-state index in [-0.39, 0.29) is 6.54 Å². The van der Waals surface area contributed by atoms with Crippen molar-refractivity contribution in [3.05, 3.63) is 10.1 Å². The predicted octanol–water partition coefficient (Wildman–Crippen LogP) is -1.40. The Bertz CT molecular complexity index is 132. The van der Waals surface area contributed by atoms with E-state index in [1.807, 2.05) is 0 Å². The molecule has 5 heteroatoms. The fraction of sp³-hybridized carbons (Fsp3) is 1.00. The molecule has 52 valence electrons. The molecule has 0 saturated carbocycles. The second-order valence-electron chi connectivity index (χ2n) is 2.32. The van der Waals surface area contributed by atoms with Gasteiger partial charge in [0.15, 0.2) is 5.60 Å². The fourth-order valence-electron chi connectivity index (χ4n) is 0.766. The molecule has 0 amide bonds. The van der Waals surface area contributed by atoms with Crippen LogP contribution in [0.3, 0.4) is 0 Å². The smallest absolute Gasteiger partial charge is 0.234 e. The molecule has 0 aromatic heterocycles. The van der Waals surface area contributed by atoms with Crippen molar-refractivity contribution < 1.29 is 10.0 Å². The van der Waals surface area contributed by atoms with E-state index in [1.165, 1.54) is 0 Å². The van der Waals surface area contributed by atoms with Crippen LogP contribution in [0.5, 0.6) is 0 Å². The van der Waals surface area contributed by atoms with Crippen molar-refractivity contribution in [2.45, 2.75) is 5.60 Å². The lowest BCUT2D eigenvalue weighted by molar-refractivity contribution is -0.502.